The zero-order valence-electron chi connectivity index (χ0n) is 18.1. The molecule has 2 heterocycles. The SMILES string of the molecule is Cc1ccc(CNC(=O)C(C)C)cc1-c1nc(-c2ccc(C(C)C)nc2)cc(=O)[nH]1. The van der Waals surface area contributed by atoms with E-state index in [1.165, 1.54) is 6.07 Å². The molecule has 0 atom stereocenters. The van der Waals surface area contributed by atoms with E-state index >= 15 is 0 Å². The minimum Gasteiger partial charge on any atom is -0.352 e. The van der Waals surface area contributed by atoms with Crippen molar-refractivity contribution in [3.05, 3.63) is 69.8 Å². The van der Waals surface area contributed by atoms with Crippen LogP contribution in [0.4, 0.5) is 0 Å². The van der Waals surface area contributed by atoms with Crippen LogP contribution in [0.25, 0.3) is 22.6 Å². The third-order valence-electron chi connectivity index (χ3n) is 4.96. The van der Waals surface area contributed by atoms with E-state index in [0.29, 0.717) is 24.0 Å². The Hall–Kier alpha value is -3.28. The van der Waals surface area contributed by atoms with Gasteiger partial charge in [0.15, 0.2) is 0 Å². The molecule has 156 valence electrons. The minimum atomic E-state index is -0.221. The molecule has 2 aromatic heterocycles. The second kappa shape index (κ2) is 9.03. The van der Waals surface area contributed by atoms with E-state index < -0.39 is 0 Å². The van der Waals surface area contributed by atoms with Gasteiger partial charge < -0.3 is 10.3 Å². The van der Waals surface area contributed by atoms with Crippen molar-refractivity contribution in [1.29, 1.82) is 0 Å². The molecule has 0 aliphatic heterocycles. The molecule has 3 rings (SSSR count). The van der Waals surface area contributed by atoms with Gasteiger partial charge in [0.2, 0.25) is 5.91 Å². The average Bonchev–Trinajstić information content (AvgIpc) is 2.72. The number of H-pyrrole nitrogens is 1. The van der Waals surface area contributed by atoms with Crippen LogP contribution in [0.15, 0.2) is 47.4 Å². The van der Waals surface area contributed by atoms with Crippen LogP contribution in [-0.4, -0.2) is 20.9 Å². The lowest BCUT2D eigenvalue weighted by atomic mass is 10.0. The predicted molar refractivity (Wildman–Crippen MR) is 119 cm³/mol. The summed E-state index contributed by atoms with van der Waals surface area (Å²) in [6, 6.07) is 11.3. The summed E-state index contributed by atoms with van der Waals surface area (Å²) in [5.74, 6) is 0.770. The minimum absolute atomic E-state index is 0.00278. The largest absolute Gasteiger partial charge is 0.352 e. The second-order valence-electron chi connectivity index (χ2n) is 8.13. The molecule has 0 unspecified atom stereocenters. The molecule has 1 aromatic carbocycles. The highest BCUT2D eigenvalue weighted by atomic mass is 16.1. The van der Waals surface area contributed by atoms with Gasteiger partial charge in [0.05, 0.1) is 5.69 Å². The maximum absolute atomic E-state index is 12.3. The van der Waals surface area contributed by atoms with E-state index in [2.05, 4.69) is 29.1 Å². The first kappa shape index (κ1) is 21.4. The molecule has 0 aliphatic carbocycles. The van der Waals surface area contributed by atoms with Crippen molar-refractivity contribution in [3.63, 3.8) is 0 Å². The third-order valence-corrected chi connectivity index (χ3v) is 4.96. The van der Waals surface area contributed by atoms with Crippen LogP contribution >= 0.6 is 0 Å². The molecule has 0 radical (unpaired) electrons. The van der Waals surface area contributed by atoms with E-state index in [9.17, 15) is 9.59 Å². The first-order valence-corrected chi connectivity index (χ1v) is 10.2. The number of amides is 1. The Morgan fingerprint density at radius 2 is 1.87 bits per heavy atom. The van der Waals surface area contributed by atoms with Gasteiger partial charge in [-0.1, -0.05) is 39.8 Å². The lowest BCUT2D eigenvalue weighted by Gasteiger charge is -2.12. The predicted octanol–water partition coefficient (Wildman–Crippen LogP) is 4.20. The van der Waals surface area contributed by atoms with E-state index in [4.69, 9.17) is 4.98 Å². The monoisotopic (exact) mass is 404 g/mol. The number of aryl methyl sites for hydroxylation is 1. The zero-order valence-corrected chi connectivity index (χ0v) is 18.1. The summed E-state index contributed by atoms with van der Waals surface area (Å²) in [6.45, 7) is 10.3. The molecule has 1 amide bonds. The first-order chi connectivity index (χ1) is 14.2. The summed E-state index contributed by atoms with van der Waals surface area (Å²) in [7, 11) is 0. The molecule has 6 heteroatoms. The first-order valence-electron chi connectivity index (χ1n) is 10.2. The fourth-order valence-electron chi connectivity index (χ4n) is 3.06. The number of carbonyl (C=O) groups is 1. The Morgan fingerprint density at radius 1 is 1.10 bits per heavy atom. The Labute approximate surface area is 176 Å². The Bertz CT molecular complexity index is 1100. The van der Waals surface area contributed by atoms with Crippen molar-refractivity contribution < 1.29 is 4.79 Å². The number of aromatic amines is 1. The van der Waals surface area contributed by atoms with Crippen LogP contribution in [-0.2, 0) is 11.3 Å². The summed E-state index contributed by atoms with van der Waals surface area (Å²) >= 11 is 0. The van der Waals surface area contributed by atoms with Gasteiger partial charge in [-0.25, -0.2) is 4.98 Å². The van der Waals surface area contributed by atoms with Crippen LogP contribution in [0.1, 0.15) is 50.4 Å². The molecule has 0 saturated carbocycles. The maximum Gasteiger partial charge on any atom is 0.251 e. The van der Waals surface area contributed by atoms with E-state index in [0.717, 1.165) is 27.9 Å². The van der Waals surface area contributed by atoms with E-state index in [1.54, 1.807) is 6.20 Å². The van der Waals surface area contributed by atoms with Gasteiger partial charge in [0.1, 0.15) is 5.82 Å². The van der Waals surface area contributed by atoms with E-state index in [1.807, 2.05) is 51.1 Å². The van der Waals surface area contributed by atoms with Gasteiger partial charge in [-0.15, -0.1) is 0 Å². The fraction of sp³-hybridized carbons (Fsp3) is 0.333. The number of hydrogen-bond acceptors (Lipinski definition) is 4. The quantitative estimate of drug-likeness (QED) is 0.644. The maximum atomic E-state index is 12.3. The number of nitrogens with one attached hydrogen (secondary N) is 2. The standard InChI is InChI=1S/C24H28N4O2/c1-14(2)20-9-8-18(13-25-20)21-11-22(29)28-23(27-21)19-10-17(7-6-16(19)5)12-26-24(30)15(3)4/h6-11,13-15H,12H2,1-5H3,(H,26,30)(H,27,28,29). The van der Waals surface area contributed by atoms with Crippen LogP contribution in [0, 0.1) is 12.8 Å². The van der Waals surface area contributed by atoms with Gasteiger partial charge in [-0.05, 0) is 42.2 Å². The lowest BCUT2D eigenvalue weighted by Crippen LogP contribution is -2.27. The van der Waals surface area contributed by atoms with Gasteiger partial charge in [0.25, 0.3) is 5.56 Å². The molecule has 0 fully saturated rings. The second-order valence-corrected chi connectivity index (χ2v) is 8.13. The van der Waals surface area contributed by atoms with E-state index in [-0.39, 0.29) is 17.4 Å². The van der Waals surface area contributed by atoms with Crippen molar-refractivity contribution in [2.45, 2.75) is 47.1 Å². The number of hydrogen-bond donors (Lipinski definition) is 2. The summed E-state index contributed by atoms with van der Waals surface area (Å²) in [5.41, 5.74) is 4.91. The Morgan fingerprint density at radius 3 is 2.50 bits per heavy atom. The molecule has 0 saturated heterocycles. The molecular weight excluding hydrogens is 376 g/mol. The van der Waals surface area contributed by atoms with Crippen LogP contribution in [0.2, 0.25) is 0 Å². The van der Waals surface area contributed by atoms with Gasteiger partial charge in [0, 0.05) is 41.5 Å². The average molecular weight is 405 g/mol. The number of aromatic nitrogens is 3. The molecule has 6 nitrogen and oxygen atoms in total. The molecule has 2 N–H and O–H groups in total. The number of nitrogens with zero attached hydrogens (tertiary/aromatic N) is 2. The molecule has 0 bridgehead atoms. The number of pyridine rings is 1. The van der Waals surface area contributed by atoms with Gasteiger partial charge in [-0.2, -0.15) is 0 Å². The van der Waals surface area contributed by atoms with Crippen LogP contribution < -0.4 is 10.9 Å². The molecule has 3 aromatic rings. The highest BCUT2D eigenvalue weighted by molar-refractivity contribution is 5.77. The smallest absolute Gasteiger partial charge is 0.251 e. The highest BCUT2D eigenvalue weighted by Gasteiger charge is 2.12. The van der Waals surface area contributed by atoms with Crippen molar-refractivity contribution in [2.75, 3.05) is 0 Å². The van der Waals surface area contributed by atoms with Crippen molar-refractivity contribution in [3.8, 4) is 22.6 Å². The van der Waals surface area contributed by atoms with Gasteiger partial charge in [-0.3, -0.25) is 14.6 Å². The van der Waals surface area contributed by atoms with Crippen LogP contribution in [0.5, 0.6) is 0 Å². The molecule has 0 spiro atoms. The lowest BCUT2D eigenvalue weighted by molar-refractivity contribution is -0.124. The Kier molecular flexibility index (Phi) is 6.45. The summed E-state index contributed by atoms with van der Waals surface area (Å²) < 4.78 is 0. The molecular formula is C24H28N4O2. The number of carbonyl (C=O) groups excluding carboxylic acids is 1. The van der Waals surface area contributed by atoms with Crippen molar-refractivity contribution in [1.82, 2.24) is 20.3 Å². The topological polar surface area (TPSA) is 87.7 Å². The van der Waals surface area contributed by atoms with Crippen LogP contribution in [0.3, 0.4) is 0 Å². The summed E-state index contributed by atoms with van der Waals surface area (Å²) in [6.07, 6.45) is 1.76. The van der Waals surface area contributed by atoms with Crippen molar-refractivity contribution in [2.24, 2.45) is 5.92 Å². The highest BCUT2D eigenvalue weighted by Crippen LogP contribution is 2.24. The number of benzene rings is 1. The summed E-state index contributed by atoms with van der Waals surface area (Å²) in [5, 5.41) is 2.92. The van der Waals surface area contributed by atoms with Gasteiger partial charge >= 0.3 is 0 Å². The number of rotatable bonds is 6. The summed E-state index contributed by atoms with van der Waals surface area (Å²) in [4.78, 5) is 36.2. The third kappa shape index (κ3) is 5.00. The molecule has 0 aliphatic rings. The Balaban J connectivity index is 1.95. The molecule has 30 heavy (non-hydrogen) atoms. The zero-order chi connectivity index (χ0) is 21.8. The van der Waals surface area contributed by atoms with Crippen molar-refractivity contribution >= 4 is 5.91 Å². The normalized spacial score (nSPS) is 11.2. The fourth-order valence-corrected chi connectivity index (χ4v) is 3.06.